The van der Waals surface area contributed by atoms with E-state index in [0.29, 0.717) is 7.11 Å². The van der Waals surface area contributed by atoms with Crippen LogP contribution in [0.4, 0.5) is 52.7 Å². The second-order valence-electron chi connectivity index (χ2n) is 14.2. The summed E-state index contributed by atoms with van der Waals surface area (Å²) in [6.07, 6.45) is -25.5. The Labute approximate surface area is 362 Å². The van der Waals surface area contributed by atoms with Crippen LogP contribution >= 0.6 is 0 Å². The van der Waals surface area contributed by atoms with Crippen LogP contribution in [0.1, 0.15) is 51.4 Å². The van der Waals surface area contributed by atoms with Gasteiger partial charge < -0.3 is 54.6 Å². The van der Waals surface area contributed by atoms with Crippen LogP contribution < -0.4 is 5.32 Å². The number of methoxy groups -OCH3 is 1. The fourth-order valence-electron chi connectivity index (χ4n) is 6.49. The van der Waals surface area contributed by atoms with Gasteiger partial charge in [-0.1, -0.05) is 0 Å². The molecule has 0 atom stereocenters. The third-order valence-corrected chi connectivity index (χ3v) is 18.2. The number of hydrogen-bond donors (Lipinski definition) is 1. The van der Waals surface area contributed by atoms with Crippen molar-refractivity contribution in [1.82, 2.24) is 5.32 Å². The predicted octanol–water partition coefficient (Wildman–Crippen LogP) is 7.18. The zero-order chi connectivity index (χ0) is 49.1. The third-order valence-electron chi connectivity index (χ3n) is 9.71. The molecule has 0 aliphatic rings. The Balaban J connectivity index is 6.29. The van der Waals surface area contributed by atoms with E-state index in [9.17, 15) is 48.7 Å². The minimum Gasteiger partial charge on any atom is -0.377 e. The monoisotopic (exact) mass is 1010 g/mol. The molecule has 1 amide bonds. The minimum atomic E-state index is -5.54. The first-order valence-electron chi connectivity index (χ1n) is 18.9. The summed E-state index contributed by atoms with van der Waals surface area (Å²) in [7, 11) is 3.31. The minimum absolute atomic E-state index is 0.155. The molecule has 15 nitrogen and oxygen atoms in total. The molecule has 0 aromatic carbocycles. The summed E-state index contributed by atoms with van der Waals surface area (Å²) in [5.41, 5.74) is -1.13. The zero-order valence-corrected chi connectivity index (χ0v) is 39.9. The molecule has 63 heavy (non-hydrogen) atoms. The lowest BCUT2D eigenvalue weighted by molar-refractivity contribution is -0.400. The first kappa shape index (κ1) is 61.8. The molecule has 0 radical (unpaired) electrons. The van der Waals surface area contributed by atoms with Crippen LogP contribution in [0.5, 0.6) is 0 Å². The second kappa shape index (κ2) is 26.3. The van der Waals surface area contributed by atoms with Crippen LogP contribution in [0.25, 0.3) is 0 Å². The molecule has 0 unspecified atom stereocenters. The summed E-state index contributed by atoms with van der Waals surface area (Å²) in [6, 6.07) is 0.613. The molecule has 0 aliphatic heterocycles. The Morgan fingerprint density at radius 1 is 0.460 bits per heavy atom. The van der Waals surface area contributed by atoms with Gasteiger partial charge in [-0.15, -0.1) is 0 Å². The number of amides is 1. The van der Waals surface area contributed by atoms with Gasteiger partial charge in [0.2, 0.25) is 0 Å². The highest BCUT2D eigenvalue weighted by atomic mass is 28.4. The molecule has 0 aliphatic carbocycles. The van der Waals surface area contributed by atoms with Crippen LogP contribution in [0.2, 0.25) is 18.1 Å². The van der Waals surface area contributed by atoms with Gasteiger partial charge in [0, 0.05) is 95.8 Å². The van der Waals surface area contributed by atoms with Crippen LogP contribution in [-0.4, -0.2) is 166 Å². The van der Waals surface area contributed by atoms with Gasteiger partial charge in [-0.2, -0.15) is 43.9 Å². The molecular formula is C33H61F12NO14Si3. The number of ether oxygens (including phenoxy) is 4. The molecule has 0 fully saturated rings. The van der Waals surface area contributed by atoms with Crippen LogP contribution in [-0.2, 0) is 63.6 Å². The molecule has 0 aromatic heterocycles. The van der Waals surface area contributed by atoms with Gasteiger partial charge in [-0.25, -0.2) is 8.78 Å². The van der Waals surface area contributed by atoms with Gasteiger partial charge in [-0.05, 0) is 43.9 Å². The van der Waals surface area contributed by atoms with Crippen molar-refractivity contribution < 1.29 is 116 Å². The topological polar surface area (TPSA) is 149 Å². The highest BCUT2D eigenvalue weighted by Crippen LogP contribution is 2.41. The van der Waals surface area contributed by atoms with Crippen molar-refractivity contribution in [2.24, 2.45) is 5.41 Å². The third kappa shape index (κ3) is 22.0. The van der Waals surface area contributed by atoms with E-state index >= 15 is 8.78 Å². The average Bonchev–Trinajstić information content (AvgIpc) is 3.17. The number of rotatable bonds is 38. The molecule has 0 bridgehead atoms. The van der Waals surface area contributed by atoms with E-state index in [1.165, 1.54) is 64.0 Å². The second-order valence-corrected chi connectivity index (χ2v) is 23.5. The number of carbonyl (C=O) groups excluding carboxylic acids is 1. The summed E-state index contributed by atoms with van der Waals surface area (Å²) < 4.78 is 233. The number of alkyl halides is 12. The van der Waals surface area contributed by atoms with Gasteiger partial charge >= 0.3 is 56.8 Å². The average molecular weight is 1010 g/mol. The SMILES string of the molecule is COCC(F)(F)OC(F)(F)CC(F)(F)COCC(F)(F)OC(F)(F)CC(F)(F)C(=O)NCC(CCC[Si](OC)(OC)OC)(CCC[Si](OC)(OC)OC)CCC[Si](OC)(OC)OC. The molecular weight excluding hydrogens is 947 g/mol. The Bertz CT molecular complexity index is 1220. The first-order chi connectivity index (χ1) is 28.9. The van der Waals surface area contributed by atoms with E-state index in [1.807, 2.05) is 5.32 Å². The Hall–Kier alpha value is -1.24. The Morgan fingerprint density at radius 3 is 1.13 bits per heavy atom. The van der Waals surface area contributed by atoms with Crippen LogP contribution in [0.3, 0.4) is 0 Å². The van der Waals surface area contributed by atoms with Gasteiger partial charge in [0.15, 0.2) is 0 Å². The molecule has 0 aromatic rings. The maximum absolute atomic E-state index is 15.2. The van der Waals surface area contributed by atoms with E-state index in [-0.39, 0.29) is 56.7 Å². The van der Waals surface area contributed by atoms with Crippen molar-refractivity contribution in [3.63, 3.8) is 0 Å². The highest BCUT2D eigenvalue weighted by Gasteiger charge is 2.56. The standard InChI is InChI=1S/C33H61F12NO14Si3/c1-48-24-32(42,43)59-30(38,39)20-28(34,35)23-58-25-33(44,45)60-31(40,41)21-29(36,37)26(47)46-22-27(14-11-17-61(49-2,50-3)51-4,15-12-18-62(52-5,53-6)54-7)16-13-19-63(55-8,56-9)57-10/h11-25H2,1-10H3,(H,46,47). The van der Waals surface area contributed by atoms with E-state index in [2.05, 4.69) is 18.9 Å². The van der Waals surface area contributed by atoms with Crippen molar-refractivity contribution in [3.8, 4) is 0 Å². The molecule has 0 rings (SSSR count). The van der Waals surface area contributed by atoms with E-state index in [1.54, 1.807) is 0 Å². The zero-order valence-electron chi connectivity index (χ0n) is 36.9. The Morgan fingerprint density at radius 2 is 0.794 bits per heavy atom. The molecule has 0 spiro atoms. The van der Waals surface area contributed by atoms with Crippen LogP contribution in [0.15, 0.2) is 0 Å². The van der Waals surface area contributed by atoms with Crippen molar-refractivity contribution in [2.45, 2.75) is 106 Å². The number of halogens is 12. The fourth-order valence-corrected chi connectivity index (χ4v) is 11.7. The first-order valence-corrected chi connectivity index (χ1v) is 24.7. The summed E-state index contributed by atoms with van der Waals surface area (Å²) >= 11 is 0. The summed E-state index contributed by atoms with van der Waals surface area (Å²) in [5, 5.41) is 1.96. The lowest BCUT2D eigenvalue weighted by Crippen LogP contribution is -2.50. The smallest absolute Gasteiger partial charge is 0.377 e. The number of hydrogen-bond acceptors (Lipinski definition) is 14. The van der Waals surface area contributed by atoms with E-state index in [0.717, 1.165) is 0 Å². The van der Waals surface area contributed by atoms with Crippen molar-refractivity contribution in [3.05, 3.63) is 0 Å². The summed E-state index contributed by atoms with van der Waals surface area (Å²) in [4.78, 5) is 13.0. The number of nitrogens with one attached hydrogen (secondary N) is 1. The maximum atomic E-state index is 15.2. The fraction of sp³-hybridized carbons (Fsp3) is 0.970. The maximum Gasteiger partial charge on any atom is 0.500 e. The van der Waals surface area contributed by atoms with E-state index in [4.69, 9.17) is 39.8 Å². The molecule has 0 heterocycles. The normalized spacial score (nSPS) is 14.4. The molecule has 0 saturated carbocycles. The molecule has 378 valence electrons. The lowest BCUT2D eigenvalue weighted by Gasteiger charge is -2.37. The summed E-state index contributed by atoms with van der Waals surface area (Å²) in [6.45, 7) is -7.29. The Kier molecular flexibility index (Phi) is 25.8. The van der Waals surface area contributed by atoms with Gasteiger partial charge in [-0.3, -0.25) is 14.3 Å². The quantitative estimate of drug-likeness (QED) is 0.0492. The predicted molar refractivity (Wildman–Crippen MR) is 202 cm³/mol. The van der Waals surface area contributed by atoms with Crippen molar-refractivity contribution in [1.29, 1.82) is 0 Å². The van der Waals surface area contributed by atoms with E-state index < -0.39 is 113 Å². The van der Waals surface area contributed by atoms with Crippen molar-refractivity contribution in [2.75, 3.05) is 97.5 Å². The molecule has 1 N–H and O–H groups in total. The molecule has 30 heteroatoms. The van der Waals surface area contributed by atoms with Gasteiger partial charge in [0.05, 0.1) is 0 Å². The van der Waals surface area contributed by atoms with Crippen LogP contribution in [0, 0.1) is 5.41 Å². The highest BCUT2D eigenvalue weighted by molar-refractivity contribution is 6.61. The number of carbonyl (C=O) groups is 1. The lowest BCUT2D eigenvalue weighted by atomic mass is 9.75. The summed E-state index contributed by atoms with van der Waals surface area (Å²) in [5.74, 6) is -12.3. The van der Waals surface area contributed by atoms with Crippen molar-refractivity contribution >= 4 is 32.3 Å². The van der Waals surface area contributed by atoms with Gasteiger partial charge in [0.1, 0.15) is 32.7 Å². The molecule has 0 saturated heterocycles. The largest absolute Gasteiger partial charge is 0.500 e. The van der Waals surface area contributed by atoms with Gasteiger partial charge in [0.25, 0.3) is 11.8 Å².